The van der Waals surface area contributed by atoms with Gasteiger partial charge in [-0.15, -0.1) is 0 Å². The van der Waals surface area contributed by atoms with Gasteiger partial charge in [0.15, 0.2) is 0 Å². The highest BCUT2D eigenvalue weighted by atomic mass is 16.6. The number of aliphatic carboxylic acids is 1. The van der Waals surface area contributed by atoms with E-state index in [1.807, 2.05) is 6.92 Å². The van der Waals surface area contributed by atoms with Crippen molar-refractivity contribution in [2.75, 3.05) is 0 Å². The highest BCUT2D eigenvalue weighted by Gasteiger charge is 2.65. The third kappa shape index (κ3) is 2.10. The maximum absolute atomic E-state index is 12.1. The van der Waals surface area contributed by atoms with Crippen molar-refractivity contribution in [2.24, 2.45) is 5.41 Å². The largest absolute Gasteiger partial charge is 0.480 e. The maximum Gasteiger partial charge on any atom is 0.411 e. The van der Waals surface area contributed by atoms with E-state index in [0.29, 0.717) is 12.8 Å². The topological polar surface area (TPSA) is 66.8 Å². The molecule has 1 aliphatic carbocycles. The van der Waals surface area contributed by atoms with Gasteiger partial charge in [-0.3, -0.25) is 4.90 Å². The minimum absolute atomic E-state index is 0.324. The van der Waals surface area contributed by atoms with E-state index in [1.165, 1.54) is 0 Å². The molecular weight excluding hydrogens is 222 g/mol. The number of carbonyl (C=O) groups excluding carboxylic acids is 1. The average molecular weight is 242 g/mol. The quantitative estimate of drug-likeness (QED) is 0.762. The number of carboxylic acid groups (broad SMARTS) is 1. The van der Waals surface area contributed by atoms with Gasteiger partial charge in [0, 0.05) is 6.02 Å². The Morgan fingerprint density at radius 2 is 2.06 bits per heavy atom. The van der Waals surface area contributed by atoms with Crippen LogP contribution in [0.25, 0.3) is 0 Å². The van der Waals surface area contributed by atoms with E-state index < -0.39 is 35.1 Å². The monoisotopic (exact) mass is 242 g/mol. The van der Waals surface area contributed by atoms with Gasteiger partial charge in [-0.25, -0.2) is 9.59 Å². The standard InChI is InChI=1S/C12H19NO4/c1-11(2,3)17-10(16)13-7(9(14)15)5-12(4)6-8(12)13/h7-8H,5-6H2,1-4H3,(H,14,15)/t7-,8+,12-/m0/s1/i8D. The number of fused-ring (bicyclic) bond motifs is 1. The summed E-state index contributed by atoms with van der Waals surface area (Å²) >= 11 is 0. The summed E-state index contributed by atoms with van der Waals surface area (Å²) in [6.07, 6.45) is 0.139. The predicted octanol–water partition coefficient (Wildman–Crippen LogP) is 1.86. The highest BCUT2D eigenvalue weighted by molar-refractivity contribution is 5.82. The van der Waals surface area contributed by atoms with Crippen LogP contribution in [0, 0.1) is 5.41 Å². The third-order valence-corrected chi connectivity index (χ3v) is 3.25. The molecule has 2 aliphatic rings. The van der Waals surface area contributed by atoms with Crippen LogP contribution in [0.4, 0.5) is 4.79 Å². The van der Waals surface area contributed by atoms with Crippen molar-refractivity contribution in [1.82, 2.24) is 4.90 Å². The van der Waals surface area contributed by atoms with Gasteiger partial charge in [0.25, 0.3) is 0 Å². The summed E-state index contributed by atoms with van der Waals surface area (Å²) in [5.41, 5.74) is -1.10. The van der Waals surface area contributed by atoms with Crippen LogP contribution in [0.2, 0.25) is 0 Å². The number of likely N-dealkylation sites (tertiary alicyclic amines) is 1. The zero-order valence-corrected chi connectivity index (χ0v) is 10.6. The molecule has 5 heteroatoms. The van der Waals surface area contributed by atoms with Crippen LogP contribution >= 0.6 is 0 Å². The summed E-state index contributed by atoms with van der Waals surface area (Å²) < 4.78 is 13.5. The lowest BCUT2D eigenvalue weighted by Gasteiger charge is -2.28. The second kappa shape index (κ2) is 3.37. The Hall–Kier alpha value is -1.26. The first-order chi connectivity index (χ1) is 8.00. The Bertz CT molecular complexity index is 419. The van der Waals surface area contributed by atoms with E-state index in [4.69, 9.17) is 11.2 Å². The van der Waals surface area contributed by atoms with Gasteiger partial charge in [0.05, 0.1) is 1.37 Å². The van der Waals surface area contributed by atoms with Crippen molar-refractivity contribution >= 4 is 12.1 Å². The minimum Gasteiger partial charge on any atom is -0.480 e. The van der Waals surface area contributed by atoms with Crippen LogP contribution in [0.3, 0.4) is 0 Å². The molecule has 0 radical (unpaired) electrons. The Balaban J connectivity index is 2.24. The van der Waals surface area contributed by atoms with Crippen LogP contribution in [0.15, 0.2) is 0 Å². The van der Waals surface area contributed by atoms with Gasteiger partial charge in [-0.2, -0.15) is 0 Å². The zero-order valence-electron chi connectivity index (χ0n) is 11.6. The predicted molar refractivity (Wildman–Crippen MR) is 60.6 cm³/mol. The van der Waals surface area contributed by atoms with Crippen molar-refractivity contribution in [3.63, 3.8) is 0 Å². The van der Waals surface area contributed by atoms with E-state index >= 15 is 0 Å². The molecule has 1 aliphatic heterocycles. The molecule has 1 saturated carbocycles. The Kier molecular flexibility index (Phi) is 2.15. The van der Waals surface area contributed by atoms with E-state index in [-0.39, 0.29) is 0 Å². The lowest BCUT2D eigenvalue weighted by atomic mass is 10.0. The summed E-state index contributed by atoms with van der Waals surface area (Å²) in [4.78, 5) is 24.4. The van der Waals surface area contributed by atoms with Crippen molar-refractivity contribution in [2.45, 2.75) is 58.2 Å². The van der Waals surface area contributed by atoms with Gasteiger partial charge in [0.1, 0.15) is 11.6 Å². The van der Waals surface area contributed by atoms with E-state index in [0.717, 1.165) is 4.90 Å². The molecule has 0 aromatic carbocycles. The molecule has 0 bridgehead atoms. The first-order valence-electron chi connectivity index (χ1n) is 6.25. The molecule has 2 fully saturated rings. The summed E-state index contributed by atoms with van der Waals surface area (Å²) in [6, 6.07) is -2.06. The highest BCUT2D eigenvalue weighted by Crippen LogP contribution is 2.59. The van der Waals surface area contributed by atoms with Crippen LogP contribution in [0.1, 0.15) is 41.9 Å². The lowest BCUT2D eigenvalue weighted by molar-refractivity contribution is -0.142. The summed E-state index contributed by atoms with van der Waals surface area (Å²) in [5, 5.41) is 9.17. The molecule has 0 spiro atoms. The zero-order chi connectivity index (χ0) is 13.9. The fraction of sp³-hybridized carbons (Fsp3) is 0.833. The summed E-state index contributed by atoms with van der Waals surface area (Å²) in [6.45, 7) is 7.01. The Morgan fingerprint density at radius 1 is 1.47 bits per heavy atom. The Labute approximate surface area is 102 Å². The number of piperidine rings is 1. The molecule has 0 unspecified atom stereocenters. The second-order valence-corrected chi connectivity index (χ2v) is 6.09. The maximum atomic E-state index is 12.1. The molecule has 0 aromatic heterocycles. The van der Waals surface area contributed by atoms with Crippen molar-refractivity contribution < 1.29 is 20.8 Å². The first-order valence-corrected chi connectivity index (χ1v) is 5.75. The number of amides is 1. The van der Waals surface area contributed by atoms with E-state index in [1.54, 1.807) is 20.8 Å². The molecule has 2 rings (SSSR count). The number of hydrogen-bond donors (Lipinski definition) is 1. The summed E-state index contributed by atoms with van der Waals surface area (Å²) in [7, 11) is 0. The molecule has 3 atom stereocenters. The van der Waals surface area contributed by atoms with Gasteiger partial charge in [0.2, 0.25) is 0 Å². The number of carboxylic acids is 1. The SMILES string of the molecule is [2H][C@@]12C[C@]1(C)C[C@@H](C(=O)O)N2C(=O)OC(C)(C)C. The minimum atomic E-state index is -1.11. The fourth-order valence-electron chi connectivity index (χ4n) is 2.34. The van der Waals surface area contributed by atoms with Crippen LogP contribution in [0.5, 0.6) is 0 Å². The molecule has 0 aromatic rings. The van der Waals surface area contributed by atoms with Gasteiger partial charge >= 0.3 is 12.1 Å². The van der Waals surface area contributed by atoms with E-state index in [2.05, 4.69) is 0 Å². The normalized spacial score (nSPS) is 40.6. The van der Waals surface area contributed by atoms with Gasteiger partial charge < -0.3 is 9.84 Å². The third-order valence-electron chi connectivity index (χ3n) is 3.25. The molecule has 96 valence electrons. The molecule has 1 saturated heterocycles. The smallest absolute Gasteiger partial charge is 0.411 e. The second-order valence-electron chi connectivity index (χ2n) is 6.09. The number of nitrogens with zero attached hydrogens (tertiary/aromatic N) is 1. The summed E-state index contributed by atoms with van der Waals surface area (Å²) in [5.74, 6) is -1.07. The van der Waals surface area contributed by atoms with E-state index in [9.17, 15) is 9.59 Å². The lowest BCUT2D eigenvalue weighted by Crippen LogP contribution is -2.45. The molecule has 5 nitrogen and oxygen atoms in total. The van der Waals surface area contributed by atoms with Crippen molar-refractivity contribution in [3.05, 3.63) is 0 Å². The van der Waals surface area contributed by atoms with Gasteiger partial charge in [-0.05, 0) is 39.0 Å². The fourth-order valence-corrected chi connectivity index (χ4v) is 2.34. The molecule has 17 heavy (non-hydrogen) atoms. The first kappa shape index (κ1) is 10.9. The average Bonchev–Trinajstić information content (AvgIpc) is 2.55. The number of ether oxygens (including phenoxy) is 1. The number of carbonyl (C=O) groups is 2. The van der Waals surface area contributed by atoms with Crippen LogP contribution in [-0.4, -0.2) is 39.7 Å². The molecule has 1 heterocycles. The van der Waals surface area contributed by atoms with Crippen LogP contribution < -0.4 is 0 Å². The molecular formula is C12H19NO4. The number of rotatable bonds is 1. The number of hydrogen-bond acceptors (Lipinski definition) is 3. The van der Waals surface area contributed by atoms with Crippen LogP contribution in [-0.2, 0) is 9.53 Å². The van der Waals surface area contributed by atoms with Crippen molar-refractivity contribution in [3.8, 4) is 0 Å². The molecule has 1 N–H and O–H groups in total. The van der Waals surface area contributed by atoms with Gasteiger partial charge in [-0.1, -0.05) is 6.92 Å². The molecule has 1 amide bonds. The van der Waals surface area contributed by atoms with Crippen molar-refractivity contribution in [1.29, 1.82) is 0 Å². The Morgan fingerprint density at radius 3 is 2.53 bits per heavy atom.